The summed E-state index contributed by atoms with van der Waals surface area (Å²) in [4.78, 5) is 2.57. The Labute approximate surface area is 167 Å². The zero-order valence-corrected chi connectivity index (χ0v) is 18.0. The van der Waals surface area contributed by atoms with Crippen molar-refractivity contribution in [1.82, 2.24) is 4.90 Å². The van der Waals surface area contributed by atoms with E-state index in [2.05, 4.69) is 90.1 Å². The molecule has 2 aromatic rings. The summed E-state index contributed by atoms with van der Waals surface area (Å²) in [5.41, 5.74) is 2.61. The molecule has 3 heteroatoms. The fourth-order valence-electron chi connectivity index (χ4n) is 3.37. The quantitative estimate of drug-likeness (QED) is 0.425. The van der Waals surface area contributed by atoms with Crippen LogP contribution in [0.4, 0.5) is 0 Å². The van der Waals surface area contributed by atoms with Gasteiger partial charge in [-0.1, -0.05) is 67.0 Å². The Morgan fingerprint density at radius 2 is 1.69 bits per heavy atom. The third kappa shape index (κ3) is 6.77. The van der Waals surface area contributed by atoms with E-state index in [1.807, 2.05) is 0 Å². The predicted molar refractivity (Wildman–Crippen MR) is 115 cm³/mol. The van der Waals surface area contributed by atoms with Crippen molar-refractivity contribution >= 4 is 15.9 Å². The summed E-state index contributed by atoms with van der Waals surface area (Å²) in [7, 11) is 0. The number of hydrogen-bond donors (Lipinski definition) is 0. The van der Waals surface area contributed by atoms with Crippen LogP contribution in [0.25, 0.3) is 0 Å². The molecule has 2 aromatic carbocycles. The van der Waals surface area contributed by atoms with Gasteiger partial charge in [-0.3, -0.25) is 0 Å². The minimum absolute atomic E-state index is 0.442. The maximum atomic E-state index is 6.18. The third-order valence-corrected chi connectivity index (χ3v) is 5.10. The van der Waals surface area contributed by atoms with Crippen LogP contribution in [0.5, 0.6) is 5.75 Å². The molecule has 0 aromatic heterocycles. The largest absolute Gasteiger partial charge is 0.493 e. The molecule has 0 aliphatic rings. The van der Waals surface area contributed by atoms with Gasteiger partial charge in [-0.25, -0.2) is 0 Å². The number of nitrogens with zero attached hydrogens (tertiary/aromatic N) is 1. The van der Waals surface area contributed by atoms with Crippen LogP contribution < -0.4 is 4.74 Å². The lowest BCUT2D eigenvalue weighted by molar-refractivity contribution is 0.257. The van der Waals surface area contributed by atoms with E-state index in [1.165, 1.54) is 24.0 Å². The van der Waals surface area contributed by atoms with Crippen molar-refractivity contribution in [3.05, 3.63) is 64.1 Å². The van der Waals surface area contributed by atoms with Crippen molar-refractivity contribution < 1.29 is 4.74 Å². The van der Waals surface area contributed by atoms with Crippen LogP contribution >= 0.6 is 15.9 Å². The Morgan fingerprint density at radius 1 is 1.00 bits per heavy atom. The number of hydrogen-bond acceptors (Lipinski definition) is 2. The van der Waals surface area contributed by atoms with Crippen LogP contribution in [0.1, 0.15) is 50.7 Å². The molecule has 0 aliphatic carbocycles. The SMILES string of the molecule is CCCN(CCC)CC(C)c1cc(Br)ccc1OCCc1ccccc1. The monoisotopic (exact) mass is 417 g/mol. The minimum atomic E-state index is 0.442. The van der Waals surface area contributed by atoms with E-state index in [0.29, 0.717) is 12.5 Å². The first kappa shape index (κ1) is 21.0. The Bertz CT molecular complexity index is 638. The Balaban J connectivity index is 2.03. The fourth-order valence-corrected chi connectivity index (χ4v) is 3.75. The van der Waals surface area contributed by atoms with Gasteiger partial charge in [0, 0.05) is 17.4 Å². The van der Waals surface area contributed by atoms with Crippen LogP contribution in [0.15, 0.2) is 53.0 Å². The summed E-state index contributed by atoms with van der Waals surface area (Å²) in [6.45, 7) is 10.9. The number of benzene rings is 2. The third-order valence-electron chi connectivity index (χ3n) is 4.61. The van der Waals surface area contributed by atoms with Gasteiger partial charge in [0.15, 0.2) is 0 Å². The molecule has 2 rings (SSSR count). The molecule has 0 amide bonds. The van der Waals surface area contributed by atoms with Gasteiger partial charge in [0.1, 0.15) is 5.75 Å². The minimum Gasteiger partial charge on any atom is -0.493 e. The van der Waals surface area contributed by atoms with Crippen molar-refractivity contribution in [3.63, 3.8) is 0 Å². The molecule has 0 spiro atoms. The highest BCUT2D eigenvalue weighted by Crippen LogP contribution is 2.30. The normalized spacial score (nSPS) is 12.3. The smallest absolute Gasteiger partial charge is 0.122 e. The number of rotatable bonds is 11. The zero-order chi connectivity index (χ0) is 18.8. The summed E-state index contributed by atoms with van der Waals surface area (Å²) in [6, 6.07) is 16.9. The molecule has 0 fully saturated rings. The topological polar surface area (TPSA) is 12.5 Å². The summed E-state index contributed by atoms with van der Waals surface area (Å²) >= 11 is 3.63. The van der Waals surface area contributed by atoms with Crippen molar-refractivity contribution in [1.29, 1.82) is 0 Å². The van der Waals surface area contributed by atoms with E-state index >= 15 is 0 Å². The molecular formula is C23H32BrNO. The first-order valence-electron chi connectivity index (χ1n) is 9.82. The van der Waals surface area contributed by atoms with E-state index in [1.54, 1.807) is 0 Å². The molecular weight excluding hydrogens is 386 g/mol. The molecule has 142 valence electrons. The second kappa shape index (κ2) is 11.4. The second-order valence-corrected chi connectivity index (χ2v) is 7.88. The first-order valence-corrected chi connectivity index (χ1v) is 10.6. The fraction of sp³-hybridized carbons (Fsp3) is 0.478. The van der Waals surface area contributed by atoms with E-state index in [-0.39, 0.29) is 0 Å². The van der Waals surface area contributed by atoms with Crippen molar-refractivity contribution in [2.75, 3.05) is 26.2 Å². The number of halogens is 1. The maximum Gasteiger partial charge on any atom is 0.122 e. The molecule has 0 bridgehead atoms. The van der Waals surface area contributed by atoms with Gasteiger partial charge in [-0.15, -0.1) is 0 Å². The van der Waals surface area contributed by atoms with Crippen LogP contribution in [-0.4, -0.2) is 31.1 Å². The van der Waals surface area contributed by atoms with Crippen molar-refractivity contribution in [3.8, 4) is 5.75 Å². The molecule has 26 heavy (non-hydrogen) atoms. The summed E-state index contributed by atoms with van der Waals surface area (Å²) in [6.07, 6.45) is 3.33. The highest BCUT2D eigenvalue weighted by molar-refractivity contribution is 9.10. The van der Waals surface area contributed by atoms with Gasteiger partial charge in [0.05, 0.1) is 6.61 Å². The maximum absolute atomic E-state index is 6.18. The average Bonchev–Trinajstić information content (AvgIpc) is 2.64. The molecule has 0 heterocycles. The lowest BCUT2D eigenvalue weighted by Crippen LogP contribution is -2.29. The Kier molecular flexibility index (Phi) is 9.21. The van der Waals surface area contributed by atoms with E-state index in [0.717, 1.165) is 36.3 Å². The van der Waals surface area contributed by atoms with Crippen molar-refractivity contribution in [2.24, 2.45) is 0 Å². The van der Waals surface area contributed by atoms with E-state index < -0.39 is 0 Å². The predicted octanol–water partition coefficient (Wildman–Crippen LogP) is 6.30. The zero-order valence-electron chi connectivity index (χ0n) is 16.4. The summed E-state index contributed by atoms with van der Waals surface area (Å²) in [5, 5.41) is 0. The molecule has 1 atom stereocenters. The lowest BCUT2D eigenvalue weighted by atomic mass is 9.99. The summed E-state index contributed by atoms with van der Waals surface area (Å²) < 4.78 is 7.30. The van der Waals surface area contributed by atoms with Crippen LogP contribution in [0, 0.1) is 0 Å². The molecule has 1 unspecified atom stereocenters. The van der Waals surface area contributed by atoms with E-state index in [4.69, 9.17) is 4.74 Å². The molecule has 0 N–H and O–H groups in total. The van der Waals surface area contributed by atoms with Gasteiger partial charge in [0.25, 0.3) is 0 Å². The molecule has 0 radical (unpaired) electrons. The molecule has 0 saturated carbocycles. The Morgan fingerprint density at radius 3 is 2.35 bits per heavy atom. The van der Waals surface area contributed by atoms with Crippen molar-refractivity contribution in [2.45, 2.75) is 46.0 Å². The average molecular weight is 418 g/mol. The van der Waals surface area contributed by atoms with Gasteiger partial charge in [0.2, 0.25) is 0 Å². The van der Waals surface area contributed by atoms with Gasteiger partial charge < -0.3 is 9.64 Å². The van der Waals surface area contributed by atoms with Gasteiger partial charge >= 0.3 is 0 Å². The van der Waals surface area contributed by atoms with Crippen LogP contribution in [-0.2, 0) is 6.42 Å². The first-order chi connectivity index (χ1) is 12.6. The van der Waals surface area contributed by atoms with Gasteiger partial charge in [-0.05, 0) is 61.2 Å². The highest BCUT2D eigenvalue weighted by atomic mass is 79.9. The van der Waals surface area contributed by atoms with E-state index in [9.17, 15) is 0 Å². The lowest BCUT2D eigenvalue weighted by Gasteiger charge is -2.26. The number of ether oxygens (including phenoxy) is 1. The van der Waals surface area contributed by atoms with Gasteiger partial charge in [-0.2, -0.15) is 0 Å². The van der Waals surface area contributed by atoms with Crippen LogP contribution in [0.2, 0.25) is 0 Å². The van der Waals surface area contributed by atoms with Crippen LogP contribution in [0.3, 0.4) is 0 Å². The second-order valence-electron chi connectivity index (χ2n) is 6.97. The summed E-state index contributed by atoms with van der Waals surface area (Å²) in [5.74, 6) is 1.46. The highest BCUT2D eigenvalue weighted by Gasteiger charge is 2.16. The standard InChI is InChI=1S/C23H32BrNO/c1-4-14-25(15-5-2)18-19(3)22-17-21(24)11-12-23(22)26-16-13-20-9-7-6-8-10-20/h6-12,17,19H,4-5,13-16,18H2,1-3H3. The Hall–Kier alpha value is -1.32. The molecule has 0 aliphatic heterocycles. The molecule has 0 saturated heterocycles. The molecule has 2 nitrogen and oxygen atoms in total.